The smallest absolute Gasteiger partial charge is 0.307 e. The number of fused-ring (bicyclic) bond motifs is 2. The minimum Gasteiger partial charge on any atom is -0.481 e. The van der Waals surface area contributed by atoms with Crippen molar-refractivity contribution in [1.29, 1.82) is 0 Å². The second kappa shape index (κ2) is 5.23. The Morgan fingerprint density at radius 1 is 1.15 bits per heavy atom. The largest absolute Gasteiger partial charge is 0.481 e. The Morgan fingerprint density at radius 3 is 2.30 bits per heavy atom. The third-order valence-electron chi connectivity index (χ3n) is 5.42. The number of rotatable bonds is 4. The van der Waals surface area contributed by atoms with Gasteiger partial charge in [-0.1, -0.05) is 25.0 Å². The van der Waals surface area contributed by atoms with Crippen LogP contribution in [0.4, 0.5) is 0 Å². The normalized spacial score (nSPS) is 35.6. The fraction of sp³-hybridized carbons (Fsp3) is 0.750. The van der Waals surface area contributed by atoms with Gasteiger partial charge in [-0.15, -0.1) is 0 Å². The van der Waals surface area contributed by atoms with Crippen LogP contribution in [-0.4, -0.2) is 34.5 Å². The van der Waals surface area contributed by atoms with E-state index in [9.17, 15) is 14.7 Å². The maximum absolute atomic E-state index is 12.9. The highest BCUT2D eigenvalue weighted by molar-refractivity contribution is 5.87. The van der Waals surface area contributed by atoms with Gasteiger partial charge in [0.1, 0.15) is 0 Å². The lowest BCUT2D eigenvalue weighted by Gasteiger charge is -2.34. The second-order valence-electron chi connectivity index (χ2n) is 6.40. The van der Waals surface area contributed by atoms with E-state index in [0.717, 1.165) is 19.3 Å². The van der Waals surface area contributed by atoms with Crippen LogP contribution in [0, 0.1) is 23.7 Å². The van der Waals surface area contributed by atoms with Crippen LogP contribution in [0.2, 0.25) is 0 Å². The maximum Gasteiger partial charge on any atom is 0.307 e. The van der Waals surface area contributed by atoms with Crippen LogP contribution < -0.4 is 0 Å². The first-order valence-electron chi connectivity index (χ1n) is 7.85. The third-order valence-corrected chi connectivity index (χ3v) is 5.42. The summed E-state index contributed by atoms with van der Waals surface area (Å²) in [6, 6.07) is 0.338. The quantitative estimate of drug-likeness (QED) is 0.802. The molecule has 3 aliphatic carbocycles. The predicted octanol–water partition coefficient (Wildman–Crippen LogP) is 2.30. The van der Waals surface area contributed by atoms with Gasteiger partial charge in [-0.25, -0.2) is 0 Å². The zero-order valence-corrected chi connectivity index (χ0v) is 12.0. The topological polar surface area (TPSA) is 57.6 Å². The number of hydrogen-bond donors (Lipinski definition) is 1. The van der Waals surface area contributed by atoms with Gasteiger partial charge in [0, 0.05) is 12.6 Å². The van der Waals surface area contributed by atoms with Crippen molar-refractivity contribution in [2.75, 3.05) is 6.54 Å². The summed E-state index contributed by atoms with van der Waals surface area (Å²) in [5.41, 5.74) is 0. The molecule has 2 fully saturated rings. The summed E-state index contributed by atoms with van der Waals surface area (Å²) in [7, 11) is 0. The van der Waals surface area contributed by atoms with Crippen molar-refractivity contribution >= 4 is 11.9 Å². The molecular weight excluding hydrogens is 254 g/mol. The molecule has 0 aromatic rings. The molecule has 4 heteroatoms. The van der Waals surface area contributed by atoms with Crippen molar-refractivity contribution < 1.29 is 14.7 Å². The summed E-state index contributed by atoms with van der Waals surface area (Å²) in [5, 5.41) is 9.47. The molecule has 0 heterocycles. The molecule has 3 aliphatic rings. The minimum absolute atomic E-state index is 0.0636. The highest BCUT2D eigenvalue weighted by Crippen LogP contribution is 2.49. The fourth-order valence-electron chi connectivity index (χ4n) is 4.50. The van der Waals surface area contributed by atoms with E-state index in [4.69, 9.17) is 0 Å². The van der Waals surface area contributed by atoms with E-state index >= 15 is 0 Å². The van der Waals surface area contributed by atoms with Crippen LogP contribution in [0.3, 0.4) is 0 Å². The van der Waals surface area contributed by atoms with Crippen molar-refractivity contribution in [2.45, 2.75) is 45.1 Å². The van der Waals surface area contributed by atoms with Gasteiger partial charge in [0.15, 0.2) is 0 Å². The summed E-state index contributed by atoms with van der Waals surface area (Å²) in [4.78, 5) is 26.4. The van der Waals surface area contributed by atoms with Crippen molar-refractivity contribution in [3.63, 3.8) is 0 Å². The molecule has 0 saturated heterocycles. The number of carboxylic acid groups (broad SMARTS) is 1. The van der Waals surface area contributed by atoms with Gasteiger partial charge in [-0.3, -0.25) is 9.59 Å². The minimum atomic E-state index is -0.803. The number of allylic oxidation sites excluding steroid dienone is 2. The van der Waals surface area contributed by atoms with Gasteiger partial charge < -0.3 is 10.0 Å². The molecule has 0 aromatic carbocycles. The first-order valence-corrected chi connectivity index (χ1v) is 7.85. The molecule has 0 spiro atoms. The standard InChI is InChI=1S/C16H23NO3/c1-2-17(12-5-3-4-6-12)15(18)13-10-7-8-11(9-10)14(13)16(19)20/h7-8,10-14H,2-6,9H2,1H3,(H,19,20)/t10?,11?,13-,14+/m0/s1. The first kappa shape index (κ1) is 13.7. The first-order chi connectivity index (χ1) is 9.63. The molecule has 2 bridgehead atoms. The lowest BCUT2D eigenvalue weighted by Crippen LogP contribution is -2.46. The Hall–Kier alpha value is -1.32. The van der Waals surface area contributed by atoms with E-state index in [1.54, 1.807) is 0 Å². The molecule has 1 N–H and O–H groups in total. The molecular formula is C16H23NO3. The molecule has 4 nitrogen and oxygen atoms in total. The van der Waals surface area contributed by atoms with E-state index < -0.39 is 11.9 Å². The summed E-state index contributed by atoms with van der Waals surface area (Å²) in [5.74, 6) is -1.35. The van der Waals surface area contributed by atoms with E-state index in [2.05, 4.69) is 6.08 Å². The maximum atomic E-state index is 12.9. The molecule has 20 heavy (non-hydrogen) atoms. The van der Waals surface area contributed by atoms with E-state index in [-0.39, 0.29) is 23.7 Å². The Morgan fingerprint density at radius 2 is 1.75 bits per heavy atom. The number of hydrogen-bond acceptors (Lipinski definition) is 2. The lowest BCUT2D eigenvalue weighted by atomic mass is 9.82. The molecule has 0 aromatic heterocycles. The Kier molecular flexibility index (Phi) is 3.57. The van der Waals surface area contributed by atoms with Crippen LogP contribution in [0.15, 0.2) is 12.2 Å². The average Bonchev–Trinajstić information content (AvgIpc) is 3.14. The zero-order chi connectivity index (χ0) is 14.3. The Balaban J connectivity index is 1.81. The van der Waals surface area contributed by atoms with Crippen LogP contribution in [-0.2, 0) is 9.59 Å². The molecule has 1 amide bonds. The number of amides is 1. The van der Waals surface area contributed by atoms with Gasteiger partial charge in [0.2, 0.25) is 5.91 Å². The molecule has 3 rings (SSSR count). The number of carbonyl (C=O) groups excluding carboxylic acids is 1. The van der Waals surface area contributed by atoms with E-state index in [0.29, 0.717) is 12.6 Å². The molecule has 0 aliphatic heterocycles. The fourth-order valence-corrected chi connectivity index (χ4v) is 4.50. The predicted molar refractivity (Wildman–Crippen MR) is 75.0 cm³/mol. The Labute approximate surface area is 119 Å². The SMILES string of the molecule is CCN(C(=O)[C@H]1C2C=CC(C2)[C@H]1C(=O)O)C1CCCC1. The molecule has 2 saturated carbocycles. The van der Waals surface area contributed by atoms with E-state index in [1.165, 1.54) is 12.8 Å². The number of carboxylic acids is 1. The van der Waals surface area contributed by atoms with Gasteiger partial charge in [0.25, 0.3) is 0 Å². The molecule has 0 radical (unpaired) electrons. The molecule has 4 atom stereocenters. The third kappa shape index (κ3) is 2.05. The van der Waals surface area contributed by atoms with Crippen LogP contribution in [0.25, 0.3) is 0 Å². The van der Waals surface area contributed by atoms with Crippen LogP contribution >= 0.6 is 0 Å². The van der Waals surface area contributed by atoms with Gasteiger partial charge in [0.05, 0.1) is 11.8 Å². The highest BCUT2D eigenvalue weighted by atomic mass is 16.4. The van der Waals surface area contributed by atoms with Crippen LogP contribution in [0.1, 0.15) is 39.0 Å². The monoisotopic (exact) mass is 277 g/mol. The molecule has 110 valence electrons. The van der Waals surface area contributed by atoms with Crippen molar-refractivity contribution in [2.24, 2.45) is 23.7 Å². The second-order valence-corrected chi connectivity index (χ2v) is 6.40. The lowest BCUT2D eigenvalue weighted by molar-refractivity contribution is -0.151. The number of aliphatic carboxylic acids is 1. The Bertz CT molecular complexity index is 439. The molecule has 2 unspecified atom stereocenters. The van der Waals surface area contributed by atoms with E-state index in [1.807, 2.05) is 17.9 Å². The average molecular weight is 277 g/mol. The van der Waals surface area contributed by atoms with Gasteiger partial charge >= 0.3 is 5.97 Å². The number of nitrogens with zero attached hydrogens (tertiary/aromatic N) is 1. The summed E-state index contributed by atoms with van der Waals surface area (Å²) in [6.07, 6.45) is 9.44. The summed E-state index contributed by atoms with van der Waals surface area (Å²) < 4.78 is 0. The van der Waals surface area contributed by atoms with Gasteiger partial charge in [-0.2, -0.15) is 0 Å². The summed E-state index contributed by atoms with van der Waals surface area (Å²) >= 11 is 0. The zero-order valence-electron chi connectivity index (χ0n) is 12.0. The highest BCUT2D eigenvalue weighted by Gasteiger charge is 2.53. The van der Waals surface area contributed by atoms with Gasteiger partial charge in [-0.05, 0) is 38.0 Å². The van der Waals surface area contributed by atoms with Crippen molar-refractivity contribution in [3.05, 3.63) is 12.2 Å². The van der Waals surface area contributed by atoms with Crippen molar-refractivity contribution in [3.8, 4) is 0 Å². The van der Waals surface area contributed by atoms with Crippen LogP contribution in [0.5, 0.6) is 0 Å². The summed E-state index contributed by atoms with van der Waals surface area (Å²) in [6.45, 7) is 2.71. The number of carbonyl (C=O) groups is 2. The van der Waals surface area contributed by atoms with Crippen molar-refractivity contribution in [1.82, 2.24) is 4.90 Å².